The van der Waals surface area contributed by atoms with Crippen LogP contribution in [0.1, 0.15) is 46.3 Å². The molecule has 1 fully saturated rings. The van der Waals surface area contributed by atoms with Crippen LogP contribution in [0.5, 0.6) is 0 Å². The molecule has 0 aliphatic carbocycles. The Balaban J connectivity index is 1.70. The lowest BCUT2D eigenvalue weighted by atomic mass is 9.97. The van der Waals surface area contributed by atoms with Gasteiger partial charge < -0.3 is 10.2 Å². The molecule has 1 N–H and O–H groups in total. The first-order valence-corrected chi connectivity index (χ1v) is 8.58. The average Bonchev–Trinajstić information content (AvgIpc) is 2.60. The first-order valence-electron chi connectivity index (χ1n) is 8.58. The van der Waals surface area contributed by atoms with Crippen LogP contribution < -0.4 is 5.32 Å². The second-order valence-electron chi connectivity index (χ2n) is 6.66. The number of amides is 1. The summed E-state index contributed by atoms with van der Waals surface area (Å²) in [5.74, 6) is 0.490. The highest BCUT2D eigenvalue weighted by Crippen LogP contribution is 2.24. The van der Waals surface area contributed by atoms with Crippen LogP contribution in [0, 0.1) is 12.7 Å². The molecule has 0 saturated carbocycles. The Morgan fingerprint density at radius 2 is 2.08 bits per heavy atom. The number of halogens is 1. The highest BCUT2D eigenvalue weighted by atomic mass is 19.1. The average molecular weight is 342 g/mol. The van der Waals surface area contributed by atoms with E-state index in [0.717, 1.165) is 43.0 Å². The van der Waals surface area contributed by atoms with Gasteiger partial charge in [0, 0.05) is 24.7 Å². The van der Waals surface area contributed by atoms with Crippen molar-refractivity contribution < 1.29 is 9.18 Å². The van der Waals surface area contributed by atoms with E-state index in [0.29, 0.717) is 12.2 Å². The SMILES string of the molecule is Cc1cc(C(=O)NCc2ccc(F)cc2)nc([C@H]2CCCN(C)C2)n1. The topological polar surface area (TPSA) is 58.1 Å². The fourth-order valence-corrected chi connectivity index (χ4v) is 3.14. The molecule has 0 radical (unpaired) electrons. The van der Waals surface area contributed by atoms with Crippen molar-refractivity contribution in [3.05, 3.63) is 58.9 Å². The van der Waals surface area contributed by atoms with Crippen LogP contribution in [0.2, 0.25) is 0 Å². The molecule has 0 unspecified atom stereocenters. The molecule has 0 spiro atoms. The van der Waals surface area contributed by atoms with Gasteiger partial charge in [-0.3, -0.25) is 4.79 Å². The van der Waals surface area contributed by atoms with Crippen molar-refractivity contribution in [3.8, 4) is 0 Å². The molecular formula is C19H23FN4O. The van der Waals surface area contributed by atoms with Crippen LogP contribution in [0.15, 0.2) is 30.3 Å². The fourth-order valence-electron chi connectivity index (χ4n) is 3.14. The van der Waals surface area contributed by atoms with Gasteiger partial charge in [0.2, 0.25) is 0 Å². The second-order valence-corrected chi connectivity index (χ2v) is 6.66. The van der Waals surface area contributed by atoms with Gasteiger partial charge in [-0.25, -0.2) is 14.4 Å². The molecule has 1 amide bonds. The summed E-state index contributed by atoms with van der Waals surface area (Å²) in [7, 11) is 2.10. The first-order chi connectivity index (χ1) is 12.0. The Labute approximate surface area is 147 Å². The summed E-state index contributed by atoms with van der Waals surface area (Å²) in [5, 5.41) is 2.84. The lowest BCUT2D eigenvalue weighted by molar-refractivity contribution is 0.0945. The largest absolute Gasteiger partial charge is 0.347 e. The van der Waals surface area contributed by atoms with Gasteiger partial charge in [0.15, 0.2) is 0 Å². The maximum absolute atomic E-state index is 12.9. The van der Waals surface area contributed by atoms with E-state index in [2.05, 4.69) is 27.2 Å². The summed E-state index contributed by atoms with van der Waals surface area (Å²) < 4.78 is 12.9. The molecule has 2 heterocycles. The molecule has 1 aliphatic rings. The zero-order valence-corrected chi connectivity index (χ0v) is 14.6. The number of rotatable bonds is 4. The number of carbonyl (C=O) groups is 1. The van der Waals surface area contributed by atoms with Crippen molar-refractivity contribution in [2.75, 3.05) is 20.1 Å². The van der Waals surface area contributed by atoms with E-state index in [-0.39, 0.29) is 17.6 Å². The lowest BCUT2D eigenvalue weighted by Gasteiger charge is -2.28. The number of piperidine rings is 1. The van der Waals surface area contributed by atoms with Crippen LogP contribution in [0.3, 0.4) is 0 Å². The predicted molar refractivity (Wildman–Crippen MR) is 93.8 cm³/mol. The van der Waals surface area contributed by atoms with Gasteiger partial charge in [0.05, 0.1) is 0 Å². The third-order valence-electron chi connectivity index (χ3n) is 4.46. The lowest BCUT2D eigenvalue weighted by Crippen LogP contribution is -2.32. The van der Waals surface area contributed by atoms with E-state index in [9.17, 15) is 9.18 Å². The zero-order chi connectivity index (χ0) is 17.8. The van der Waals surface area contributed by atoms with Gasteiger partial charge in [0.25, 0.3) is 5.91 Å². The normalized spacial score (nSPS) is 18.1. The monoisotopic (exact) mass is 342 g/mol. The second kappa shape index (κ2) is 7.70. The Bertz CT molecular complexity index is 748. The number of likely N-dealkylation sites (tertiary alicyclic amines) is 1. The molecule has 5 nitrogen and oxygen atoms in total. The molecule has 1 aliphatic heterocycles. The minimum atomic E-state index is -0.288. The third kappa shape index (κ3) is 4.60. The summed E-state index contributed by atoms with van der Waals surface area (Å²) in [6.45, 7) is 4.23. The Hall–Kier alpha value is -2.34. The number of nitrogens with one attached hydrogen (secondary N) is 1. The van der Waals surface area contributed by atoms with Gasteiger partial charge in [0.1, 0.15) is 17.3 Å². The Morgan fingerprint density at radius 3 is 2.80 bits per heavy atom. The molecule has 1 aromatic heterocycles. The van der Waals surface area contributed by atoms with E-state index in [1.807, 2.05) is 6.92 Å². The molecule has 0 bridgehead atoms. The highest BCUT2D eigenvalue weighted by Gasteiger charge is 2.22. The summed E-state index contributed by atoms with van der Waals surface area (Å²) >= 11 is 0. The summed E-state index contributed by atoms with van der Waals surface area (Å²) in [6, 6.07) is 7.78. The number of aryl methyl sites for hydroxylation is 1. The molecule has 25 heavy (non-hydrogen) atoms. The fraction of sp³-hybridized carbons (Fsp3) is 0.421. The molecule has 2 aromatic rings. The number of carbonyl (C=O) groups excluding carboxylic acids is 1. The number of likely N-dealkylation sites (N-methyl/N-ethyl adjacent to an activating group) is 1. The summed E-state index contributed by atoms with van der Waals surface area (Å²) in [6.07, 6.45) is 2.16. The predicted octanol–water partition coefficient (Wildman–Crippen LogP) is 2.66. The van der Waals surface area contributed by atoms with E-state index in [1.165, 1.54) is 12.1 Å². The number of hydrogen-bond acceptors (Lipinski definition) is 4. The molecular weight excluding hydrogens is 319 g/mol. The van der Waals surface area contributed by atoms with E-state index in [4.69, 9.17) is 0 Å². The van der Waals surface area contributed by atoms with Crippen molar-refractivity contribution in [1.82, 2.24) is 20.2 Å². The molecule has 132 valence electrons. The van der Waals surface area contributed by atoms with Crippen molar-refractivity contribution in [1.29, 1.82) is 0 Å². The number of hydrogen-bond donors (Lipinski definition) is 1. The smallest absolute Gasteiger partial charge is 0.270 e. The number of aromatic nitrogens is 2. The molecule has 6 heteroatoms. The highest BCUT2D eigenvalue weighted by molar-refractivity contribution is 5.92. The van der Waals surface area contributed by atoms with Gasteiger partial charge in [-0.15, -0.1) is 0 Å². The van der Waals surface area contributed by atoms with Crippen molar-refractivity contribution in [2.24, 2.45) is 0 Å². The molecule has 1 aromatic carbocycles. The van der Waals surface area contributed by atoms with Gasteiger partial charge in [-0.2, -0.15) is 0 Å². The minimum Gasteiger partial charge on any atom is -0.347 e. The third-order valence-corrected chi connectivity index (χ3v) is 4.46. The maximum Gasteiger partial charge on any atom is 0.270 e. The minimum absolute atomic E-state index is 0.236. The summed E-state index contributed by atoms with van der Waals surface area (Å²) in [5.41, 5.74) is 2.03. The molecule has 3 rings (SSSR count). The maximum atomic E-state index is 12.9. The van der Waals surface area contributed by atoms with Crippen LogP contribution in [-0.2, 0) is 6.54 Å². The van der Waals surface area contributed by atoms with E-state index in [1.54, 1.807) is 18.2 Å². The van der Waals surface area contributed by atoms with Crippen molar-refractivity contribution in [3.63, 3.8) is 0 Å². The van der Waals surface area contributed by atoms with Gasteiger partial charge in [-0.1, -0.05) is 12.1 Å². The molecule has 1 atom stereocenters. The number of benzene rings is 1. The summed E-state index contributed by atoms with van der Waals surface area (Å²) in [4.78, 5) is 23.8. The van der Waals surface area contributed by atoms with Crippen LogP contribution >= 0.6 is 0 Å². The Kier molecular flexibility index (Phi) is 5.38. The van der Waals surface area contributed by atoms with Gasteiger partial charge in [-0.05, 0) is 57.1 Å². The quantitative estimate of drug-likeness (QED) is 0.928. The van der Waals surface area contributed by atoms with Gasteiger partial charge >= 0.3 is 0 Å². The van der Waals surface area contributed by atoms with Crippen molar-refractivity contribution >= 4 is 5.91 Å². The van der Waals surface area contributed by atoms with E-state index >= 15 is 0 Å². The van der Waals surface area contributed by atoms with Crippen LogP contribution in [0.25, 0.3) is 0 Å². The van der Waals surface area contributed by atoms with E-state index < -0.39 is 0 Å². The van der Waals surface area contributed by atoms with Crippen molar-refractivity contribution in [2.45, 2.75) is 32.2 Å². The molecule has 1 saturated heterocycles. The number of nitrogens with zero attached hydrogens (tertiary/aromatic N) is 3. The van der Waals surface area contributed by atoms with Crippen LogP contribution in [0.4, 0.5) is 4.39 Å². The van der Waals surface area contributed by atoms with Crippen LogP contribution in [-0.4, -0.2) is 40.9 Å². The Morgan fingerprint density at radius 1 is 1.32 bits per heavy atom. The zero-order valence-electron chi connectivity index (χ0n) is 14.6. The first kappa shape index (κ1) is 17.5. The standard InChI is InChI=1S/C19H23FN4O/c1-13-10-17(19(25)21-11-14-5-7-16(20)8-6-14)23-18(22-13)15-4-3-9-24(2)12-15/h5-8,10,15H,3-4,9,11-12H2,1-2H3,(H,21,25)/t15-/m0/s1.